The molecule has 1 aliphatic rings. The second-order valence-electron chi connectivity index (χ2n) is 6.40. The van der Waals surface area contributed by atoms with Crippen LogP contribution in [0.1, 0.15) is 47.0 Å². The number of nitrogens with one attached hydrogen (secondary N) is 1. The van der Waals surface area contributed by atoms with Crippen LogP contribution in [0.5, 0.6) is 0 Å². The summed E-state index contributed by atoms with van der Waals surface area (Å²) in [5.41, 5.74) is 0. The summed E-state index contributed by atoms with van der Waals surface area (Å²) >= 11 is 0. The van der Waals surface area contributed by atoms with E-state index >= 15 is 0 Å². The van der Waals surface area contributed by atoms with Gasteiger partial charge in [0.25, 0.3) is 0 Å². The summed E-state index contributed by atoms with van der Waals surface area (Å²) in [7, 11) is 0. The molecule has 0 aromatic carbocycles. The number of carbonyl (C=O) groups excluding carboxylic acids is 2. The second kappa shape index (κ2) is 7.51. The predicted molar refractivity (Wildman–Crippen MR) is 76.6 cm³/mol. The number of carbonyl (C=O) groups is 2. The first-order chi connectivity index (χ1) is 8.90. The van der Waals surface area contributed by atoms with E-state index in [-0.39, 0.29) is 17.7 Å². The summed E-state index contributed by atoms with van der Waals surface area (Å²) in [5.74, 6) is 1.21. The van der Waals surface area contributed by atoms with Gasteiger partial charge in [0.15, 0.2) is 0 Å². The van der Waals surface area contributed by atoms with Crippen molar-refractivity contribution in [3.63, 3.8) is 0 Å². The highest BCUT2D eigenvalue weighted by atomic mass is 16.2. The minimum absolute atomic E-state index is 0.0426. The third-order valence-corrected chi connectivity index (χ3v) is 3.58. The Morgan fingerprint density at radius 1 is 1.26 bits per heavy atom. The summed E-state index contributed by atoms with van der Waals surface area (Å²) in [6, 6.07) is 0. The van der Waals surface area contributed by atoms with Crippen molar-refractivity contribution in [2.45, 2.75) is 47.0 Å². The van der Waals surface area contributed by atoms with Gasteiger partial charge in [0.1, 0.15) is 0 Å². The van der Waals surface area contributed by atoms with Crippen LogP contribution in [0.2, 0.25) is 0 Å². The molecule has 1 heterocycles. The van der Waals surface area contributed by atoms with Crippen molar-refractivity contribution in [1.29, 1.82) is 0 Å². The van der Waals surface area contributed by atoms with E-state index in [1.165, 1.54) is 0 Å². The molecule has 0 radical (unpaired) electrons. The highest BCUT2D eigenvalue weighted by molar-refractivity contribution is 5.89. The molecule has 0 saturated carbocycles. The molecule has 110 valence electrons. The Bertz CT molecular complexity index is 313. The number of hydrogen-bond donors (Lipinski definition) is 1. The molecular formula is C15H28N2O2. The van der Waals surface area contributed by atoms with Crippen LogP contribution in [-0.4, -0.2) is 36.3 Å². The predicted octanol–water partition coefficient (Wildman–Crippen LogP) is 2.04. The van der Waals surface area contributed by atoms with E-state index in [1.807, 2.05) is 4.90 Å². The minimum atomic E-state index is -0.146. The molecule has 0 bridgehead atoms. The highest BCUT2D eigenvalue weighted by Crippen LogP contribution is 2.19. The maximum atomic E-state index is 12.0. The molecule has 0 aromatic heterocycles. The summed E-state index contributed by atoms with van der Waals surface area (Å²) in [6.07, 6.45) is 2.38. The number of likely N-dealkylation sites (tertiary alicyclic amines) is 1. The molecular weight excluding hydrogens is 240 g/mol. The third kappa shape index (κ3) is 5.62. The van der Waals surface area contributed by atoms with E-state index in [9.17, 15) is 9.59 Å². The van der Waals surface area contributed by atoms with E-state index in [4.69, 9.17) is 0 Å². The first-order valence-electron chi connectivity index (χ1n) is 7.45. The van der Waals surface area contributed by atoms with E-state index in [0.717, 1.165) is 19.4 Å². The van der Waals surface area contributed by atoms with Crippen LogP contribution in [0.3, 0.4) is 0 Å². The van der Waals surface area contributed by atoms with Gasteiger partial charge in [-0.25, -0.2) is 0 Å². The average Bonchev–Trinajstić information content (AvgIpc) is 2.67. The van der Waals surface area contributed by atoms with Crippen molar-refractivity contribution in [2.75, 3.05) is 19.6 Å². The summed E-state index contributed by atoms with van der Waals surface area (Å²) in [6.45, 7) is 10.7. The maximum Gasteiger partial charge on any atom is 0.225 e. The van der Waals surface area contributed by atoms with Gasteiger partial charge in [-0.05, 0) is 24.7 Å². The van der Waals surface area contributed by atoms with Crippen molar-refractivity contribution >= 4 is 11.8 Å². The summed E-state index contributed by atoms with van der Waals surface area (Å²) < 4.78 is 0. The fourth-order valence-electron chi connectivity index (χ4n) is 2.21. The zero-order chi connectivity index (χ0) is 14.4. The molecule has 1 saturated heterocycles. The third-order valence-electron chi connectivity index (χ3n) is 3.58. The van der Waals surface area contributed by atoms with Gasteiger partial charge in [-0.3, -0.25) is 9.59 Å². The standard InChI is InChI=1S/C15H28N2O2/c1-11(2)5-7-16-15(19)13-9-14(18)17(10-13)8-6-12(3)4/h11-13H,5-10H2,1-4H3,(H,16,19)/t13-/m0/s1. The van der Waals surface area contributed by atoms with Crippen LogP contribution in [0.15, 0.2) is 0 Å². The lowest BCUT2D eigenvalue weighted by atomic mass is 10.1. The van der Waals surface area contributed by atoms with Crippen LogP contribution in [0.4, 0.5) is 0 Å². The Morgan fingerprint density at radius 3 is 2.47 bits per heavy atom. The Morgan fingerprint density at radius 2 is 1.89 bits per heavy atom. The summed E-state index contributed by atoms with van der Waals surface area (Å²) in [5, 5.41) is 2.94. The molecule has 1 rings (SSSR count). The second-order valence-corrected chi connectivity index (χ2v) is 6.40. The molecule has 1 aliphatic heterocycles. The number of hydrogen-bond acceptors (Lipinski definition) is 2. The molecule has 1 fully saturated rings. The first-order valence-corrected chi connectivity index (χ1v) is 7.45. The van der Waals surface area contributed by atoms with Gasteiger partial charge in [0.2, 0.25) is 11.8 Å². The SMILES string of the molecule is CC(C)CCNC(=O)[C@H]1CC(=O)N(CCC(C)C)C1. The van der Waals surface area contributed by atoms with Crippen molar-refractivity contribution in [1.82, 2.24) is 10.2 Å². The van der Waals surface area contributed by atoms with Crippen molar-refractivity contribution < 1.29 is 9.59 Å². The van der Waals surface area contributed by atoms with Gasteiger partial charge < -0.3 is 10.2 Å². The molecule has 2 amide bonds. The lowest BCUT2D eigenvalue weighted by molar-refractivity contribution is -0.129. The molecule has 0 aliphatic carbocycles. The van der Waals surface area contributed by atoms with Crippen LogP contribution in [0, 0.1) is 17.8 Å². The molecule has 0 spiro atoms. The molecule has 19 heavy (non-hydrogen) atoms. The number of rotatable bonds is 7. The Labute approximate surface area is 116 Å². The fraction of sp³-hybridized carbons (Fsp3) is 0.867. The monoisotopic (exact) mass is 268 g/mol. The van der Waals surface area contributed by atoms with Crippen LogP contribution < -0.4 is 5.32 Å². The van der Waals surface area contributed by atoms with Gasteiger partial charge in [-0.1, -0.05) is 27.7 Å². The molecule has 4 heteroatoms. The van der Waals surface area contributed by atoms with E-state index < -0.39 is 0 Å². The topological polar surface area (TPSA) is 49.4 Å². The zero-order valence-corrected chi connectivity index (χ0v) is 12.7. The van der Waals surface area contributed by atoms with Crippen LogP contribution >= 0.6 is 0 Å². The van der Waals surface area contributed by atoms with Gasteiger partial charge in [-0.2, -0.15) is 0 Å². The van der Waals surface area contributed by atoms with E-state index in [0.29, 0.717) is 31.3 Å². The maximum absolute atomic E-state index is 12.0. The molecule has 4 nitrogen and oxygen atoms in total. The smallest absolute Gasteiger partial charge is 0.225 e. The lowest BCUT2D eigenvalue weighted by Crippen LogP contribution is -2.34. The largest absolute Gasteiger partial charge is 0.356 e. The molecule has 1 atom stereocenters. The first kappa shape index (κ1) is 16.0. The van der Waals surface area contributed by atoms with Crippen LogP contribution in [0.25, 0.3) is 0 Å². The van der Waals surface area contributed by atoms with E-state index in [1.54, 1.807) is 0 Å². The number of nitrogens with zero attached hydrogens (tertiary/aromatic N) is 1. The minimum Gasteiger partial charge on any atom is -0.356 e. The zero-order valence-electron chi connectivity index (χ0n) is 12.7. The van der Waals surface area contributed by atoms with Gasteiger partial charge in [-0.15, -0.1) is 0 Å². The Balaban J connectivity index is 2.32. The average molecular weight is 268 g/mol. The normalized spacial score (nSPS) is 19.6. The van der Waals surface area contributed by atoms with Crippen LogP contribution in [-0.2, 0) is 9.59 Å². The van der Waals surface area contributed by atoms with Crippen molar-refractivity contribution in [3.8, 4) is 0 Å². The molecule has 0 unspecified atom stereocenters. The lowest BCUT2D eigenvalue weighted by Gasteiger charge is -2.17. The van der Waals surface area contributed by atoms with Crippen molar-refractivity contribution in [3.05, 3.63) is 0 Å². The summed E-state index contributed by atoms with van der Waals surface area (Å²) in [4.78, 5) is 25.6. The highest BCUT2D eigenvalue weighted by Gasteiger charge is 2.33. The van der Waals surface area contributed by atoms with E-state index in [2.05, 4.69) is 33.0 Å². The Hall–Kier alpha value is -1.06. The molecule has 1 N–H and O–H groups in total. The number of amides is 2. The quantitative estimate of drug-likeness (QED) is 0.768. The van der Waals surface area contributed by atoms with Gasteiger partial charge in [0, 0.05) is 26.1 Å². The fourth-order valence-corrected chi connectivity index (χ4v) is 2.21. The van der Waals surface area contributed by atoms with Gasteiger partial charge in [0.05, 0.1) is 5.92 Å². The molecule has 0 aromatic rings. The van der Waals surface area contributed by atoms with Gasteiger partial charge >= 0.3 is 0 Å². The van der Waals surface area contributed by atoms with Crippen molar-refractivity contribution in [2.24, 2.45) is 17.8 Å². The Kier molecular flexibility index (Phi) is 6.32.